The Morgan fingerprint density at radius 2 is 0.909 bits per heavy atom. The van der Waals surface area contributed by atoms with Crippen LogP contribution in [0.4, 0.5) is 0 Å². The minimum atomic E-state index is -3.43. The van der Waals surface area contributed by atoms with E-state index in [0.29, 0.717) is 0 Å². The van der Waals surface area contributed by atoms with Gasteiger partial charge in [-0.15, -0.1) is 0 Å². The zero-order chi connectivity index (χ0) is 15.3. The van der Waals surface area contributed by atoms with Crippen molar-refractivity contribution in [3.8, 4) is 0 Å². The fourth-order valence-electron chi connectivity index (χ4n) is 1.97. The molecule has 0 aliphatic rings. The summed E-state index contributed by atoms with van der Waals surface area (Å²) in [5, 5.41) is 0. The standard InChI is InChI=1S/C18H15AsOS2/c20-19(16-10-4-1-5-11-16,21-17-12-6-2-7-13-17)22-18-14-8-3-9-15-18/h1-15H. The molecule has 3 aromatic carbocycles. The number of hydrogen-bond acceptors (Lipinski definition) is 3. The van der Waals surface area contributed by atoms with E-state index in [2.05, 4.69) is 0 Å². The van der Waals surface area contributed by atoms with E-state index in [-0.39, 0.29) is 0 Å². The van der Waals surface area contributed by atoms with Crippen LogP contribution in [0.2, 0.25) is 0 Å². The van der Waals surface area contributed by atoms with Crippen LogP contribution in [0.15, 0.2) is 101 Å². The van der Waals surface area contributed by atoms with Crippen LogP contribution in [-0.4, -0.2) is 11.2 Å². The first kappa shape index (κ1) is 15.6. The summed E-state index contributed by atoms with van der Waals surface area (Å²) >= 11 is -3.43. The van der Waals surface area contributed by atoms with Gasteiger partial charge >= 0.3 is 140 Å². The maximum absolute atomic E-state index is 13.7. The van der Waals surface area contributed by atoms with E-state index in [1.807, 2.05) is 91.0 Å². The summed E-state index contributed by atoms with van der Waals surface area (Å²) in [5.74, 6) is 0. The van der Waals surface area contributed by atoms with Crippen LogP contribution in [0.1, 0.15) is 0 Å². The summed E-state index contributed by atoms with van der Waals surface area (Å²) in [6.07, 6.45) is 0. The summed E-state index contributed by atoms with van der Waals surface area (Å²) in [5.41, 5.74) is 0. The second kappa shape index (κ2) is 7.32. The molecule has 0 spiro atoms. The number of rotatable bonds is 5. The molecule has 0 saturated carbocycles. The summed E-state index contributed by atoms with van der Waals surface area (Å²) in [6, 6.07) is 29.8. The Balaban J connectivity index is 1.97. The number of benzene rings is 3. The molecule has 0 unspecified atom stereocenters. The molecule has 0 radical (unpaired) electrons. The molecule has 0 fully saturated rings. The number of hydrogen-bond donors (Lipinski definition) is 0. The molecule has 0 bridgehead atoms. The van der Waals surface area contributed by atoms with Crippen molar-refractivity contribution < 1.29 is 3.74 Å². The van der Waals surface area contributed by atoms with Crippen LogP contribution in [-0.2, 0) is 3.74 Å². The fourth-order valence-corrected chi connectivity index (χ4v) is 15.6. The summed E-state index contributed by atoms with van der Waals surface area (Å²) in [7, 11) is 3.04. The van der Waals surface area contributed by atoms with Crippen molar-refractivity contribution in [3.05, 3.63) is 91.0 Å². The second-order valence-electron chi connectivity index (χ2n) is 4.64. The monoisotopic (exact) mass is 386 g/mol. The first-order valence-electron chi connectivity index (χ1n) is 6.91. The molecule has 22 heavy (non-hydrogen) atoms. The third-order valence-corrected chi connectivity index (χ3v) is 16.6. The molecule has 0 atom stereocenters. The van der Waals surface area contributed by atoms with E-state index < -0.39 is 11.2 Å². The quantitative estimate of drug-likeness (QED) is 0.584. The molecule has 0 amide bonds. The van der Waals surface area contributed by atoms with Gasteiger partial charge in [0, 0.05) is 0 Å². The third kappa shape index (κ3) is 3.92. The van der Waals surface area contributed by atoms with E-state index in [9.17, 15) is 3.74 Å². The zero-order valence-electron chi connectivity index (χ0n) is 11.8. The molecular weight excluding hydrogens is 371 g/mol. The average molecular weight is 386 g/mol. The van der Waals surface area contributed by atoms with Gasteiger partial charge in [-0.3, -0.25) is 0 Å². The fraction of sp³-hybridized carbons (Fsp3) is 0. The predicted molar refractivity (Wildman–Crippen MR) is 97.1 cm³/mol. The van der Waals surface area contributed by atoms with E-state index in [0.717, 1.165) is 14.1 Å². The third-order valence-electron chi connectivity index (χ3n) is 3.01. The van der Waals surface area contributed by atoms with Crippen molar-refractivity contribution in [3.63, 3.8) is 0 Å². The zero-order valence-corrected chi connectivity index (χ0v) is 15.3. The van der Waals surface area contributed by atoms with Crippen molar-refractivity contribution in [1.82, 2.24) is 0 Å². The van der Waals surface area contributed by atoms with Gasteiger partial charge in [0.25, 0.3) is 0 Å². The Morgan fingerprint density at radius 1 is 0.545 bits per heavy atom. The van der Waals surface area contributed by atoms with Gasteiger partial charge in [-0.2, -0.15) is 0 Å². The van der Waals surface area contributed by atoms with Gasteiger partial charge in [0.2, 0.25) is 0 Å². The van der Waals surface area contributed by atoms with Crippen molar-refractivity contribution in [1.29, 1.82) is 0 Å². The first-order chi connectivity index (χ1) is 10.8. The van der Waals surface area contributed by atoms with Gasteiger partial charge < -0.3 is 0 Å². The van der Waals surface area contributed by atoms with E-state index in [1.165, 1.54) is 20.0 Å². The van der Waals surface area contributed by atoms with Crippen LogP contribution in [0, 0.1) is 0 Å². The molecule has 0 aromatic heterocycles. The Bertz CT molecular complexity index is 715. The minimum absolute atomic E-state index is 0.948. The Hall–Kier alpha value is -1.28. The molecule has 0 saturated heterocycles. The molecule has 110 valence electrons. The Labute approximate surface area is 139 Å². The molecule has 0 heterocycles. The molecule has 0 aliphatic carbocycles. The summed E-state index contributed by atoms with van der Waals surface area (Å²) < 4.78 is 14.7. The molecule has 1 nitrogen and oxygen atoms in total. The van der Waals surface area contributed by atoms with Crippen LogP contribution in [0.25, 0.3) is 0 Å². The van der Waals surface area contributed by atoms with Gasteiger partial charge in [-0.25, -0.2) is 0 Å². The van der Waals surface area contributed by atoms with Gasteiger partial charge in [0.05, 0.1) is 0 Å². The SMILES string of the molecule is O=[As](Sc1ccccc1)(Sc1ccccc1)c1ccccc1. The molecule has 3 rings (SSSR count). The van der Waals surface area contributed by atoms with Crippen molar-refractivity contribution >= 4 is 35.6 Å². The van der Waals surface area contributed by atoms with Gasteiger partial charge in [0.1, 0.15) is 0 Å². The topological polar surface area (TPSA) is 17.1 Å². The van der Waals surface area contributed by atoms with Gasteiger partial charge in [0.15, 0.2) is 0 Å². The molecule has 0 aliphatic heterocycles. The van der Waals surface area contributed by atoms with E-state index >= 15 is 0 Å². The van der Waals surface area contributed by atoms with Crippen molar-refractivity contribution in [2.45, 2.75) is 9.79 Å². The predicted octanol–water partition coefficient (Wildman–Crippen LogP) is 4.85. The van der Waals surface area contributed by atoms with E-state index in [1.54, 1.807) is 0 Å². The first-order valence-corrected chi connectivity index (χ1v) is 14.8. The van der Waals surface area contributed by atoms with Crippen LogP contribution in [0.5, 0.6) is 0 Å². The molecule has 3 aromatic rings. The Kier molecular flexibility index (Phi) is 5.19. The van der Waals surface area contributed by atoms with Crippen molar-refractivity contribution in [2.75, 3.05) is 0 Å². The Morgan fingerprint density at radius 3 is 1.32 bits per heavy atom. The van der Waals surface area contributed by atoms with Crippen LogP contribution < -0.4 is 4.35 Å². The summed E-state index contributed by atoms with van der Waals surface area (Å²) in [6.45, 7) is 0. The molecular formula is C18H15AsOS2. The van der Waals surface area contributed by atoms with E-state index in [4.69, 9.17) is 0 Å². The maximum atomic E-state index is 13.7. The second-order valence-corrected chi connectivity index (χ2v) is 18.0. The van der Waals surface area contributed by atoms with Gasteiger partial charge in [-0.05, 0) is 0 Å². The summed E-state index contributed by atoms with van der Waals surface area (Å²) in [4.78, 5) is 2.11. The average Bonchev–Trinajstić information content (AvgIpc) is 2.57. The molecule has 4 heteroatoms. The van der Waals surface area contributed by atoms with Gasteiger partial charge in [-0.1, -0.05) is 0 Å². The molecule has 0 N–H and O–H groups in total. The van der Waals surface area contributed by atoms with Crippen molar-refractivity contribution in [2.24, 2.45) is 0 Å². The van der Waals surface area contributed by atoms with Crippen LogP contribution in [0.3, 0.4) is 0 Å². The normalized spacial score (nSPS) is 11.3. The van der Waals surface area contributed by atoms with Crippen LogP contribution >= 0.6 is 20.0 Å².